The average molecular weight is 291 g/mol. The van der Waals surface area contributed by atoms with Gasteiger partial charge in [0.05, 0.1) is 12.5 Å². The van der Waals surface area contributed by atoms with Crippen LogP contribution in [0.5, 0.6) is 5.75 Å². The number of hydrogen-bond acceptors (Lipinski definition) is 4. The van der Waals surface area contributed by atoms with E-state index in [0.717, 1.165) is 43.8 Å². The molecule has 1 aliphatic rings. The first-order valence-electron chi connectivity index (χ1n) is 7.58. The summed E-state index contributed by atoms with van der Waals surface area (Å²) in [6.07, 6.45) is 2.88. The summed E-state index contributed by atoms with van der Waals surface area (Å²) < 4.78 is 5.69. The van der Waals surface area contributed by atoms with Crippen LogP contribution in [0.2, 0.25) is 0 Å². The minimum atomic E-state index is -0.176. The van der Waals surface area contributed by atoms with Gasteiger partial charge in [-0.25, -0.2) is 0 Å². The quantitative estimate of drug-likeness (QED) is 0.616. The van der Waals surface area contributed by atoms with Gasteiger partial charge in [-0.3, -0.25) is 9.69 Å². The molecule has 0 bridgehead atoms. The Kier molecular flexibility index (Phi) is 5.44. The normalized spacial score (nSPS) is 22.9. The highest BCUT2D eigenvalue weighted by Crippen LogP contribution is 2.21. The van der Waals surface area contributed by atoms with Gasteiger partial charge in [0.2, 0.25) is 5.91 Å². The third kappa shape index (κ3) is 4.63. The summed E-state index contributed by atoms with van der Waals surface area (Å²) in [7, 11) is 0. The zero-order valence-electron chi connectivity index (χ0n) is 12.6. The summed E-state index contributed by atoms with van der Waals surface area (Å²) in [6.45, 7) is 4.57. The van der Waals surface area contributed by atoms with Crippen LogP contribution in [0.1, 0.15) is 26.2 Å². The van der Waals surface area contributed by atoms with Gasteiger partial charge in [0.25, 0.3) is 0 Å². The summed E-state index contributed by atoms with van der Waals surface area (Å²) in [5.74, 6) is 0.662. The van der Waals surface area contributed by atoms with Crippen LogP contribution in [0.25, 0.3) is 0 Å². The number of hydrogen-bond donors (Lipinski definition) is 2. The number of carbonyl (C=O) groups is 1. The maximum Gasteiger partial charge on any atom is 0.221 e. The second kappa shape index (κ2) is 7.31. The highest BCUT2D eigenvalue weighted by Gasteiger charge is 2.27. The standard InChI is InChI=1S/C16H25N3O2/c1-12-3-4-13(16(18)20)11-19(12)9-2-10-21-15-7-5-14(17)6-8-15/h5-8,12-13H,2-4,9-11,17H2,1H3,(H2,18,20). The smallest absolute Gasteiger partial charge is 0.221 e. The van der Waals surface area contributed by atoms with Crippen molar-refractivity contribution in [1.82, 2.24) is 4.90 Å². The minimum absolute atomic E-state index is 0.000725. The molecule has 0 saturated carbocycles. The van der Waals surface area contributed by atoms with Gasteiger partial charge in [-0.05, 0) is 50.5 Å². The molecular weight excluding hydrogens is 266 g/mol. The zero-order valence-corrected chi connectivity index (χ0v) is 12.6. The fourth-order valence-electron chi connectivity index (χ4n) is 2.74. The Morgan fingerprint density at radius 3 is 2.71 bits per heavy atom. The van der Waals surface area contributed by atoms with E-state index in [0.29, 0.717) is 12.6 Å². The van der Waals surface area contributed by atoms with E-state index in [1.165, 1.54) is 0 Å². The molecule has 116 valence electrons. The molecule has 2 atom stereocenters. The van der Waals surface area contributed by atoms with E-state index >= 15 is 0 Å². The van der Waals surface area contributed by atoms with Crippen molar-refractivity contribution in [3.8, 4) is 5.75 Å². The van der Waals surface area contributed by atoms with Crippen LogP contribution in [-0.4, -0.2) is 36.5 Å². The number of anilines is 1. The molecule has 1 fully saturated rings. The molecule has 0 radical (unpaired) electrons. The van der Waals surface area contributed by atoms with Crippen LogP contribution < -0.4 is 16.2 Å². The molecule has 1 aromatic rings. The number of nitrogens with zero attached hydrogens (tertiary/aromatic N) is 1. The van der Waals surface area contributed by atoms with Gasteiger partial charge in [0, 0.05) is 24.8 Å². The van der Waals surface area contributed by atoms with Gasteiger partial charge in [0.15, 0.2) is 0 Å². The minimum Gasteiger partial charge on any atom is -0.494 e. The third-order valence-corrected chi connectivity index (χ3v) is 4.15. The molecule has 1 aliphatic heterocycles. The topological polar surface area (TPSA) is 81.6 Å². The maximum absolute atomic E-state index is 11.3. The number of carbonyl (C=O) groups excluding carboxylic acids is 1. The molecule has 5 heteroatoms. The van der Waals surface area contributed by atoms with E-state index in [4.69, 9.17) is 16.2 Å². The lowest BCUT2D eigenvalue weighted by Crippen LogP contribution is -2.46. The number of benzene rings is 1. The van der Waals surface area contributed by atoms with Crippen molar-refractivity contribution < 1.29 is 9.53 Å². The lowest BCUT2D eigenvalue weighted by Gasteiger charge is -2.36. The molecule has 0 spiro atoms. The molecule has 1 heterocycles. The van der Waals surface area contributed by atoms with Crippen LogP contribution >= 0.6 is 0 Å². The SMILES string of the molecule is CC1CCC(C(N)=O)CN1CCCOc1ccc(N)cc1. The first kappa shape index (κ1) is 15.6. The lowest BCUT2D eigenvalue weighted by molar-refractivity contribution is -0.123. The predicted octanol–water partition coefficient (Wildman–Crippen LogP) is 1.62. The summed E-state index contributed by atoms with van der Waals surface area (Å²) in [4.78, 5) is 13.6. The van der Waals surface area contributed by atoms with Gasteiger partial charge in [-0.1, -0.05) is 0 Å². The van der Waals surface area contributed by atoms with Crippen LogP contribution in [0.3, 0.4) is 0 Å². The number of piperidine rings is 1. The number of nitrogen functional groups attached to an aromatic ring is 1. The fourth-order valence-corrected chi connectivity index (χ4v) is 2.74. The average Bonchev–Trinajstić information content (AvgIpc) is 2.47. The van der Waals surface area contributed by atoms with Crippen LogP contribution in [0.15, 0.2) is 24.3 Å². The molecular formula is C16H25N3O2. The molecule has 1 amide bonds. The van der Waals surface area contributed by atoms with E-state index in [1.807, 2.05) is 24.3 Å². The largest absolute Gasteiger partial charge is 0.494 e. The molecule has 5 nitrogen and oxygen atoms in total. The Bertz CT molecular complexity index is 461. The molecule has 0 aromatic heterocycles. The Morgan fingerprint density at radius 2 is 2.05 bits per heavy atom. The predicted molar refractivity (Wildman–Crippen MR) is 83.9 cm³/mol. The molecule has 4 N–H and O–H groups in total. The molecule has 0 aliphatic carbocycles. The molecule has 21 heavy (non-hydrogen) atoms. The number of likely N-dealkylation sites (tertiary alicyclic amines) is 1. The maximum atomic E-state index is 11.3. The van der Waals surface area contributed by atoms with Crippen molar-refractivity contribution in [3.63, 3.8) is 0 Å². The van der Waals surface area contributed by atoms with Gasteiger partial charge < -0.3 is 16.2 Å². The molecule has 2 rings (SSSR count). The van der Waals surface area contributed by atoms with Crippen LogP contribution in [0, 0.1) is 5.92 Å². The van der Waals surface area contributed by atoms with Crippen molar-refractivity contribution in [3.05, 3.63) is 24.3 Å². The van der Waals surface area contributed by atoms with Crippen molar-refractivity contribution in [2.75, 3.05) is 25.4 Å². The number of ether oxygens (including phenoxy) is 1. The second-order valence-electron chi connectivity index (χ2n) is 5.79. The lowest BCUT2D eigenvalue weighted by atomic mass is 9.93. The van der Waals surface area contributed by atoms with E-state index in [-0.39, 0.29) is 11.8 Å². The monoisotopic (exact) mass is 291 g/mol. The van der Waals surface area contributed by atoms with Gasteiger partial charge >= 0.3 is 0 Å². The van der Waals surface area contributed by atoms with Gasteiger partial charge in [0.1, 0.15) is 5.75 Å². The second-order valence-corrected chi connectivity index (χ2v) is 5.79. The fraction of sp³-hybridized carbons (Fsp3) is 0.562. The third-order valence-electron chi connectivity index (χ3n) is 4.15. The van der Waals surface area contributed by atoms with Crippen LogP contribution in [-0.2, 0) is 4.79 Å². The molecule has 2 unspecified atom stereocenters. The molecule has 1 aromatic carbocycles. The summed E-state index contributed by atoms with van der Waals surface area (Å²) in [5.41, 5.74) is 11.8. The highest BCUT2D eigenvalue weighted by atomic mass is 16.5. The van der Waals surface area contributed by atoms with Crippen molar-refractivity contribution in [2.45, 2.75) is 32.2 Å². The zero-order chi connectivity index (χ0) is 15.2. The Morgan fingerprint density at radius 1 is 1.33 bits per heavy atom. The first-order chi connectivity index (χ1) is 10.1. The van der Waals surface area contributed by atoms with Crippen molar-refractivity contribution >= 4 is 11.6 Å². The van der Waals surface area contributed by atoms with Gasteiger partial charge in [-0.15, -0.1) is 0 Å². The van der Waals surface area contributed by atoms with E-state index in [9.17, 15) is 4.79 Å². The van der Waals surface area contributed by atoms with Gasteiger partial charge in [-0.2, -0.15) is 0 Å². The van der Waals surface area contributed by atoms with Crippen molar-refractivity contribution in [1.29, 1.82) is 0 Å². The van der Waals surface area contributed by atoms with Crippen molar-refractivity contribution in [2.24, 2.45) is 11.7 Å². The highest BCUT2D eigenvalue weighted by molar-refractivity contribution is 5.76. The summed E-state index contributed by atoms with van der Waals surface area (Å²) in [6, 6.07) is 7.93. The summed E-state index contributed by atoms with van der Waals surface area (Å²) in [5, 5.41) is 0. The molecule has 1 saturated heterocycles. The van der Waals surface area contributed by atoms with E-state index in [2.05, 4.69) is 11.8 Å². The van der Waals surface area contributed by atoms with E-state index < -0.39 is 0 Å². The first-order valence-corrected chi connectivity index (χ1v) is 7.58. The Balaban J connectivity index is 1.72. The number of nitrogens with two attached hydrogens (primary N) is 2. The number of primary amides is 1. The number of amides is 1. The van der Waals surface area contributed by atoms with Crippen LogP contribution in [0.4, 0.5) is 5.69 Å². The Labute approximate surface area is 126 Å². The summed E-state index contributed by atoms with van der Waals surface area (Å²) >= 11 is 0. The van der Waals surface area contributed by atoms with E-state index in [1.54, 1.807) is 0 Å². The number of rotatable bonds is 6. The Hall–Kier alpha value is -1.75.